The van der Waals surface area contributed by atoms with E-state index in [1.807, 2.05) is 6.92 Å². The molecule has 0 radical (unpaired) electrons. The molecule has 0 aromatic carbocycles. The highest BCUT2D eigenvalue weighted by Crippen LogP contribution is 1.76. The fraction of sp³-hybridized carbons (Fsp3) is 1.00. The Hall–Kier alpha value is -0.120. The predicted molar refractivity (Wildman–Crippen MR) is 38.4 cm³/mol. The molecule has 56 valence electrons. The quantitative estimate of drug-likeness (QED) is 0.470. The van der Waals surface area contributed by atoms with E-state index in [0.717, 1.165) is 32.8 Å². The fourth-order valence-corrected chi connectivity index (χ4v) is 0.516. The summed E-state index contributed by atoms with van der Waals surface area (Å²) in [5, 5.41) is 3.16. The molecule has 1 heterocycles. The summed E-state index contributed by atoms with van der Waals surface area (Å²) in [6.07, 6.45) is 0. The number of nitrogens with two attached hydrogens (primary N) is 1. The van der Waals surface area contributed by atoms with Crippen LogP contribution in [0.15, 0.2) is 0 Å². The molecular weight excluding hydrogens is 116 g/mol. The molecule has 1 rings (SSSR count). The minimum atomic E-state index is 0.750. The second-order valence-electron chi connectivity index (χ2n) is 1.77. The monoisotopic (exact) mass is 132 g/mol. The van der Waals surface area contributed by atoms with Gasteiger partial charge in [0.1, 0.15) is 0 Å². The van der Waals surface area contributed by atoms with Crippen molar-refractivity contribution in [3.05, 3.63) is 0 Å². The Labute approximate surface area is 56.6 Å². The van der Waals surface area contributed by atoms with Gasteiger partial charge in [-0.3, -0.25) is 0 Å². The van der Waals surface area contributed by atoms with Crippen LogP contribution >= 0.6 is 0 Å². The number of ether oxygens (including phenoxy) is 1. The van der Waals surface area contributed by atoms with Gasteiger partial charge in [-0.25, -0.2) is 0 Å². The second kappa shape index (κ2) is 7.88. The van der Waals surface area contributed by atoms with E-state index < -0.39 is 0 Å². The lowest BCUT2D eigenvalue weighted by atomic mass is 10.5. The van der Waals surface area contributed by atoms with E-state index >= 15 is 0 Å². The molecule has 0 aromatic heterocycles. The average Bonchev–Trinajstić information content (AvgIpc) is 1.93. The molecule has 1 aliphatic rings. The molecule has 0 aliphatic carbocycles. The summed E-state index contributed by atoms with van der Waals surface area (Å²) in [6, 6.07) is 0. The minimum absolute atomic E-state index is 0.750. The molecule has 9 heavy (non-hydrogen) atoms. The molecule has 0 atom stereocenters. The zero-order chi connectivity index (χ0) is 6.95. The molecule has 0 spiro atoms. The van der Waals surface area contributed by atoms with Crippen LogP contribution in [-0.4, -0.2) is 32.8 Å². The first-order valence-electron chi connectivity index (χ1n) is 3.40. The van der Waals surface area contributed by atoms with E-state index in [2.05, 4.69) is 5.32 Å². The van der Waals surface area contributed by atoms with Crippen molar-refractivity contribution < 1.29 is 4.74 Å². The van der Waals surface area contributed by atoms with Gasteiger partial charge >= 0.3 is 0 Å². The van der Waals surface area contributed by atoms with Crippen LogP contribution in [0.3, 0.4) is 0 Å². The lowest BCUT2D eigenvalue weighted by Crippen LogP contribution is -2.30. The van der Waals surface area contributed by atoms with Crippen molar-refractivity contribution in [3.8, 4) is 0 Å². The number of hydrogen-bond acceptors (Lipinski definition) is 3. The molecule has 0 saturated carbocycles. The number of hydrogen-bond donors (Lipinski definition) is 2. The molecular formula is C6H16N2O. The van der Waals surface area contributed by atoms with Gasteiger partial charge in [0.05, 0.1) is 13.2 Å². The Morgan fingerprint density at radius 1 is 1.44 bits per heavy atom. The summed E-state index contributed by atoms with van der Waals surface area (Å²) in [4.78, 5) is 0. The molecule has 1 fully saturated rings. The number of morpholine rings is 1. The van der Waals surface area contributed by atoms with E-state index in [0.29, 0.717) is 0 Å². The molecule has 0 bridgehead atoms. The van der Waals surface area contributed by atoms with Crippen LogP contribution < -0.4 is 11.1 Å². The molecule has 0 unspecified atom stereocenters. The maximum Gasteiger partial charge on any atom is 0.0591 e. The van der Waals surface area contributed by atoms with Crippen molar-refractivity contribution in [2.45, 2.75) is 6.92 Å². The lowest BCUT2D eigenvalue weighted by Gasteiger charge is -2.10. The van der Waals surface area contributed by atoms with Crippen molar-refractivity contribution in [2.24, 2.45) is 5.73 Å². The zero-order valence-corrected chi connectivity index (χ0v) is 6.02. The minimum Gasteiger partial charge on any atom is -0.379 e. The van der Waals surface area contributed by atoms with Gasteiger partial charge < -0.3 is 15.8 Å². The highest BCUT2D eigenvalue weighted by atomic mass is 16.5. The molecule has 1 aliphatic heterocycles. The highest BCUT2D eigenvalue weighted by molar-refractivity contribution is 4.49. The first kappa shape index (κ1) is 8.88. The summed E-state index contributed by atoms with van der Waals surface area (Å²) >= 11 is 0. The summed E-state index contributed by atoms with van der Waals surface area (Å²) in [5.74, 6) is 0. The van der Waals surface area contributed by atoms with E-state index in [4.69, 9.17) is 10.5 Å². The third kappa shape index (κ3) is 7.88. The third-order valence-electron chi connectivity index (χ3n) is 0.846. The van der Waals surface area contributed by atoms with Gasteiger partial charge in [0, 0.05) is 13.1 Å². The molecule has 3 N–H and O–H groups in total. The van der Waals surface area contributed by atoms with Crippen LogP contribution in [0.2, 0.25) is 0 Å². The van der Waals surface area contributed by atoms with Crippen LogP contribution in [0.4, 0.5) is 0 Å². The van der Waals surface area contributed by atoms with Gasteiger partial charge in [0.25, 0.3) is 0 Å². The molecule has 1 saturated heterocycles. The molecule has 3 nitrogen and oxygen atoms in total. The summed E-state index contributed by atoms with van der Waals surface area (Å²) < 4.78 is 5.01. The van der Waals surface area contributed by atoms with E-state index in [1.54, 1.807) is 0 Å². The van der Waals surface area contributed by atoms with E-state index in [1.165, 1.54) is 0 Å². The van der Waals surface area contributed by atoms with Gasteiger partial charge in [-0.15, -0.1) is 0 Å². The summed E-state index contributed by atoms with van der Waals surface area (Å²) in [7, 11) is 0. The van der Waals surface area contributed by atoms with Gasteiger partial charge in [-0.1, -0.05) is 6.92 Å². The van der Waals surface area contributed by atoms with Crippen molar-refractivity contribution in [2.75, 3.05) is 32.8 Å². The predicted octanol–water partition coefficient (Wildman–Crippen LogP) is -0.429. The van der Waals surface area contributed by atoms with Crippen LogP contribution in [-0.2, 0) is 4.74 Å². The molecule has 0 aromatic rings. The molecule has 0 amide bonds. The van der Waals surface area contributed by atoms with E-state index in [-0.39, 0.29) is 0 Å². The Kier molecular flexibility index (Phi) is 7.77. The second-order valence-corrected chi connectivity index (χ2v) is 1.77. The first-order chi connectivity index (χ1) is 4.41. The largest absolute Gasteiger partial charge is 0.379 e. The van der Waals surface area contributed by atoms with Crippen molar-refractivity contribution in [1.29, 1.82) is 0 Å². The highest BCUT2D eigenvalue weighted by Gasteiger charge is 1.92. The Balaban J connectivity index is 0.000000187. The normalized spacial score (nSPS) is 18.0. The van der Waals surface area contributed by atoms with Gasteiger partial charge in [-0.05, 0) is 6.54 Å². The third-order valence-corrected chi connectivity index (χ3v) is 0.846. The Bertz CT molecular complexity index is 34.8. The Morgan fingerprint density at radius 2 is 1.89 bits per heavy atom. The zero-order valence-electron chi connectivity index (χ0n) is 6.02. The van der Waals surface area contributed by atoms with Crippen LogP contribution in [0.1, 0.15) is 6.92 Å². The van der Waals surface area contributed by atoms with Crippen LogP contribution in [0, 0.1) is 0 Å². The SMILES string of the molecule is C1COCCN1.CCN. The first-order valence-corrected chi connectivity index (χ1v) is 3.40. The smallest absolute Gasteiger partial charge is 0.0591 e. The van der Waals surface area contributed by atoms with Crippen LogP contribution in [0.5, 0.6) is 0 Å². The average molecular weight is 132 g/mol. The van der Waals surface area contributed by atoms with E-state index in [9.17, 15) is 0 Å². The van der Waals surface area contributed by atoms with Crippen molar-refractivity contribution in [1.82, 2.24) is 5.32 Å². The topological polar surface area (TPSA) is 47.3 Å². The van der Waals surface area contributed by atoms with Gasteiger partial charge in [0.2, 0.25) is 0 Å². The van der Waals surface area contributed by atoms with Crippen molar-refractivity contribution in [3.63, 3.8) is 0 Å². The number of nitrogens with one attached hydrogen (secondary N) is 1. The van der Waals surface area contributed by atoms with Crippen LogP contribution in [0.25, 0.3) is 0 Å². The lowest BCUT2D eigenvalue weighted by molar-refractivity contribution is 0.109. The fourth-order valence-electron chi connectivity index (χ4n) is 0.516. The maximum atomic E-state index is 5.01. The maximum absolute atomic E-state index is 5.01. The van der Waals surface area contributed by atoms with Crippen molar-refractivity contribution >= 4 is 0 Å². The summed E-state index contributed by atoms with van der Waals surface area (Å²) in [6.45, 7) is 6.49. The van der Waals surface area contributed by atoms with Gasteiger partial charge in [0.15, 0.2) is 0 Å². The standard InChI is InChI=1S/C4H9NO.C2H7N/c1-3-6-4-2-5-1;1-2-3/h5H,1-4H2;2-3H2,1H3. The summed E-state index contributed by atoms with van der Waals surface area (Å²) in [5.41, 5.74) is 4.85. The number of rotatable bonds is 0. The van der Waals surface area contributed by atoms with Gasteiger partial charge in [-0.2, -0.15) is 0 Å². The molecule has 3 heteroatoms. The Morgan fingerprint density at radius 3 is 2.00 bits per heavy atom.